The topological polar surface area (TPSA) is 197 Å². The summed E-state index contributed by atoms with van der Waals surface area (Å²) in [5.74, 6) is -7.36. The van der Waals surface area contributed by atoms with Crippen LogP contribution in [0.2, 0.25) is 0 Å². The molecule has 0 spiro atoms. The van der Waals surface area contributed by atoms with E-state index in [9.17, 15) is 27.4 Å². The summed E-state index contributed by atoms with van der Waals surface area (Å²) in [5, 5.41) is 12.2. The fourth-order valence-electron chi connectivity index (χ4n) is 1.63. The number of nitrogens with zero attached hydrogens (tertiary/aromatic N) is 3. The molecule has 0 saturated carbocycles. The molecule has 2 unspecified atom stereocenters. The van der Waals surface area contributed by atoms with Crippen LogP contribution in [0.4, 0.5) is 0 Å². The normalized spacial score (nSPS) is 15.4. The van der Waals surface area contributed by atoms with E-state index in [1.807, 2.05) is 0 Å². The van der Waals surface area contributed by atoms with Crippen LogP contribution in [0, 0.1) is 0 Å². The van der Waals surface area contributed by atoms with Gasteiger partial charge in [-0.05, 0) is 71.6 Å². The van der Waals surface area contributed by atoms with Gasteiger partial charge in [-0.15, -0.1) is 10.2 Å². The fourth-order valence-corrected chi connectivity index (χ4v) is 21.0. The molecule has 0 aromatic carbocycles. The number of rotatable bonds is 6. The molecule has 33 heavy (non-hydrogen) atoms. The van der Waals surface area contributed by atoms with Crippen molar-refractivity contribution in [3.8, 4) is 0 Å². The Labute approximate surface area is 214 Å². The Kier molecular flexibility index (Phi) is 21.6. The molecule has 0 aliphatic carbocycles. The van der Waals surface area contributed by atoms with E-state index in [2.05, 4.69) is 20.6 Å². The molecule has 0 fully saturated rings. The number of tetrazole rings is 1. The maximum Gasteiger partial charge on any atom is 0.262 e. The van der Waals surface area contributed by atoms with E-state index < -0.39 is 52.5 Å². The Hall–Kier alpha value is 1.53. The smallest absolute Gasteiger partial charge is 0.262 e. The van der Waals surface area contributed by atoms with E-state index in [-0.39, 0.29) is 7.43 Å². The predicted molar refractivity (Wildman–Crippen MR) is 145 cm³/mol. The Morgan fingerprint density at radius 1 is 0.697 bits per heavy atom. The van der Waals surface area contributed by atoms with Gasteiger partial charge in [0.2, 0.25) is 14.7 Å². The number of halogens is 4. The van der Waals surface area contributed by atoms with E-state index in [1.54, 1.807) is 26.7 Å². The third-order valence-corrected chi connectivity index (χ3v) is 17.9. The van der Waals surface area contributed by atoms with Crippen molar-refractivity contribution in [1.29, 1.82) is 0 Å². The molecule has 0 saturated heterocycles. The van der Waals surface area contributed by atoms with Crippen molar-refractivity contribution in [3.63, 3.8) is 0 Å². The number of H-pyrrole nitrogens is 1. The summed E-state index contributed by atoms with van der Waals surface area (Å²) in [4.78, 5) is 17.2. The second kappa shape index (κ2) is 17.1. The first kappa shape index (κ1) is 41.6. The number of hydrogen-bond acceptors (Lipinski definition) is 9. The predicted octanol–water partition coefficient (Wildman–Crippen LogP) is 7.05. The van der Waals surface area contributed by atoms with Crippen LogP contribution >= 0.6 is 85.7 Å². The summed E-state index contributed by atoms with van der Waals surface area (Å²) < 4.78 is 63.9. The first-order valence-electron chi connectivity index (χ1n) is 7.92. The van der Waals surface area contributed by atoms with Crippen LogP contribution in [-0.4, -0.2) is 88.1 Å². The maximum absolute atomic E-state index is 11.1. The van der Waals surface area contributed by atoms with Crippen molar-refractivity contribution in [2.75, 3.05) is 57.7 Å². The molecule has 22 heteroatoms. The average molecular weight is 676 g/mol. The van der Waals surface area contributed by atoms with E-state index in [0.29, 0.717) is 5.90 Å². The van der Waals surface area contributed by atoms with Crippen LogP contribution in [0.3, 0.4) is 0 Å². The zero-order valence-electron chi connectivity index (χ0n) is 18.1. The van der Waals surface area contributed by atoms with E-state index in [1.165, 1.54) is 6.33 Å². The third kappa shape index (κ3) is 55.4. The quantitative estimate of drug-likeness (QED) is 0.261. The zero-order valence-corrected chi connectivity index (χ0v) is 26.5. The molecule has 2 atom stereocenters. The maximum atomic E-state index is 11.1. The SMILES string of the molecule is C.CP(=O)(O)CP(C)(=O)O.CP(C)(=O)CP(C)(C)=O.O=P(Cl)(Cl)CP(=O)(Cl)Cl.c1nn[nH]n1. The van der Waals surface area contributed by atoms with Crippen LogP contribution in [-0.2, 0) is 27.4 Å². The molecule has 0 radical (unpaired) electrons. The van der Waals surface area contributed by atoms with Gasteiger partial charge in [-0.3, -0.25) is 18.3 Å². The van der Waals surface area contributed by atoms with Crippen LogP contribution in [0.25, 0.3) is 0 Å². The van der Waals surface area contributed by atoms with Gasteiger partial charge >= 0.3 is 0 Å². The fraction of sp³-hybridized carbons (Fsp3) is 0.909. The van der Waals surface area contributed by atoms with Gasteiger partial charge in [0, 0.05) is 13.3 Å². The Bertz CT molecular complexity index is 752. The largest absolute Gasteiger partial charge is 0.344 e. The first-order chi connectivity index (χ1) is 13.6. The number of hydrogen-bond donors (Lipinski definition) is 3. The first-order valence-corrected chi connectivity index (χ1v) is 25.5. The monoisotopic (exact) mass is 674 g/mol. The van der Waals surface area contributed by atoms with Crippen molar-refractivity contribution in [3.05, 3.63) is 6.33 Å². The lowest BCUT2D eigenvalue weighted by Crippen LogP contribution is -1.86. The number of aromatic nitrogens is 4. The van der Waals surface area contributed by atoms with Crippen molar-refractivity contribution >= 4 is 85.7 Å². The van der Waals surface area contributed by atoms with Gasteiger partial charge in [0.1, 0.15) is 11.8 Å². The minimum atomic E-state index is -3.37. The second-order valence-corrected chi connectivity index (χ2v) is 31.1. The van der Waals surface area contributed by atoms with Crippen LogP contribution in [0.15, 0.2) is 6.33 Å². The van der Waals surface area contributed by atoms with Crippen molar-refractivity contribution in [2.45, 2.75) is 7.43 Å². The highest BCUT2D eigenvalue weighted by Crippen LogP contribution is 2.72. The lowest BCUT2D eigenvalue weighted by Gasteiger charge is -2.09. The molecule has 0 aliphatic heterocycles. The third-order valence-electron chi connectivity index (χ3n) is 1.80. The summed E-state index contributed by atoms with van der Waals surface area (Å²) in [5.41, 5.74) is 0. The van der Waals surface area contributed by atoms with Crippen molar-refractivity contribution < 1.29 is 37.2 Å². The van der Waals surface area contributed by atoms with Crippen molar-refractivity contribution in [1.82, 2.24) is 20.6 Å². The second-order valence-electron chi connectivity index (χ2n) is 7.37. The molecule has 1 rings (SSSR count). The lowest BCUT2D eigenvalue weighted by atomic mass is 11.4. The highest BCUT2D eigenvalue weighted by molar-refractivity contribution is 8.21. The molecule has 1 aromatic heterocycles. The number of aromatic amines is 1. The molecule has 3 N–H and O–H groups in total. The molecule has 1 heterocycles. The molecule has 202 valence electrons. The summed E-state index contributed by atoms with van der Waals surface area (Å²) in [6, 6.07) is 0. The van der Waals surface area contributed by atoms with Gasteiger partial charge in [-0.25, -0.2) is 0 Å². The van der Waals surface area contributed by atoms with Gasteiger partial charge in [0.25, 0.3) is 11.7 Å². The van der Waals surface area contributed by atoms with Crippen LogP contribution < -0.4 is 0 Å². The van der Waals surface area contributed by atoms with Gasteiger partial charge in [-0.1, -0.05) is 12.6 Å². The molecular weight excluding hydrogens is 644 g/mol. The van der Waals surface area contributed by atoms with Gasteiger partial charge in [-0.2, -0.15) is 5.21 Å². The summed E-state index contributed by atoms with van der Waals surface area (Å²) in [6.07, 6.45) is 1.33. The minimum absolute atomic E-state index is 0. The summed E-state index contributed by atoms with van der Waals surface area (Å²) in [7, 11) is -10.7. The highest BCUT2D eigenvalue weighted by Gasteiger charge is 2.26. The summed E-state index contributed by atoms with van der Waals surface area (Å²) >= 11 is 20.0. The number of nitrogens with one attached hydrogen (secondary N) is 1. The standard InChI is InChI=1S/C5H14O2P2.C3H10O4P2.CH2Cl4O2P2.CH2N4.CH4/c1-8(2,6)5-9(3,4)7;1-8(4,5)3-9(2,6)7;2-8(3,6)1-9(4,5)7;1-2-4-5-3-1;/h5H2,1-4H3;3H2,1-2H3,(H,4,5)(H,6,7);1H2;1H,(H,2,3,4,5);1H4. The zero-order chi connectivity index (χ0) is 26.7. The molecule has 0 amide bonds. The van der Waals surface area contributed by atoms with Crippen LogP contribution in [0.5, 0.6) is 0 Å². The van der Waals surface area contributed by atoms with E-state index in [0.717, 1.165) is 13.3 Å². The van der Waals surface area contributed by atoms with Crippen molar-refractivity contribution in [2.24, 2.45) is 0 Å². The Balaban J connectivity index is -0.000000171. The Morgan fingerprint density at radius 2 is 1.03 bits per heavy atom. The molecule has 0 bridgehead atoms. The Morgan fingerprint density at radius 3 is 1.06 bits per heavy atom. The molecule has 0 aliphatic rings. The molecule has 1 aromatic rings. The van der Waals surface area contributed by atoms with E-state index in [4.69, 9.17) is 54.8 Å². The molecular formula is C11H32Cl4N4O8P6. The van der Waals surface area contributed by atoms with Gasteiger partial charge < -0.3 is 18.9 Å². The lowest BCUT2D eigenvalue weighted by molar-refractivity contribution is 0.473. The van der Waals surface area contributed by atoms with Gasteiger partial charge in [0.05, 0.1) is 20.2 Å². The molecule has 12 nitrogen and oxygen atoms in total. The summed E-state index contributed by atoms with van der Waals surface area (Å²) in [6.45, 7) is 8.83. The minimum Gasteiger partial charge on any atom is -0.344 e. The van der Waals surface area contributed by atoms with E-state index >= 15 is 0 Å². The van der Waals surface area contributed by atoms with Gasteiger partial charge in [0.15, 0.2) is 6.33 Å². The van der Waals surface area contributed by atoms with Crippen LogP contribution in [0.1, 0.15) is 7.43 Å². The average Bonchev–Trinajstić information content (AvgIpc) is 2.82. The highest BCUT2D eigenvalue weighted by atomic mass is 35.9.